The van der Waals surface area contributed by atoms with Gasteiger partial charge in [-0.2, -0.15) is 0 Å². The number of likely N-dealkylation sites (N-methyl/N-ethyl adjacent to an activating group) is 1. The first-order chi connectivity index (χ1) is 9.51. The molecule has 1 heterocycles. The van der Waals surface area contributed by atoms with E-state index in [1.54, 1.807) is 12.0 Å². The van der Waals surface area contributed by atoms with Crippen LogP contribution in [0.3, 0.4) is 0 Å². The highest BCUT2D eigenvalue weighted by molar-refractivity contribution is 5.76. The molecule has 1 fully saturated rings. The molecule has 4 heteroatoms. The number of carbonyl (C=O) groups is 1. The molecule has 0 aliphatic carbocycles. The highest BCUT2D eigenvalue weighted by atomic mass is 16.5. The molecule has 1 aliphatic rings. The maximum absolute atomic E-state index is 11.5. The number of piperidine rings is 1. The number of aryl methyl sites for hydroxylation is 1. The summed E-state index contributed by atoms with van der Waals surface area (Å²) >= 11 is 0. The van der Waals surface area contributed by atoms with E-state index < -0.39 is 0 Å². The van der Waals surface area contributed by atoms with E-state index in [1.165, 1.54) is 11.1 Å². The van der Waals surface area contributed by atoms with Gasteiger partial charge >= 0.3 is 0 Å². The fourth-order valence-electron chi connectivity index (χ4n) is 2.78. The van der Waals surface area contributed by atoms with E-state index in [0.717, 1.165) is 18.7 Å². The Hall–Kier alpha value is -1.55. The number of methoxy groups -OCH3 is 1. The third kappa shape index (κ3) is 3.31. The third-order valence-electron chi connectivity index (χ3n) is 3.96. The molecule has 1 amide bonds. The molecule has 0 radical (unpaired) electrons. The van der Waals surface area contributed by atoms with Crippen LogP contribution in [-0.4, -0.2) is 37.6 Å². The standard InChI is InChI=1S/C16H24N2O2/c1-11-5-7-15(20-4)14(9-11)12(2)17-13-6-8-16(19)18(3)10-13/h5,7,9,12-13,17H,6,8,10H2,1-4H3. The highest BCUT2D eigenvalue weighted by Gasteiger charge is 2.24. The lowest BCUT2D eigenvalue weighted by Crippen LogP contribution is -2.47. The molecule has 1 saturated heterocycles. The van der Waals surface area contributed by atoms with Crippen molar-refractivity contribution in [1.82, 2.24) is 10.2 Å². The average molecular weight is 276 g/mol. The normalized spacial score (nSPS) is 20.9. The van der Waals surface area contributed by atoms with Gasteiger partial charge in [0.05, 0.1) is 7.11 Å². The van der Waals surface area contributed by atoms with E-state index in [0.29, 0.717) is 12.5 Å². The first kappa shape index (κ1) is 14.9. The van der Waals surface area contributed by atoms with Crippen molar-refractivity contribution in [3.63, 3.8) is 0 Å². The van der Waals surface area contributed by atoms with Gasteiger partial charge in [0.2, 0.25) is 5.91 Å². The Bertz CT molecular complexity index is 487. The van der Waals surface area contributed by atoms with Gasteiger partial charge in [-0.05, 0) is 26.3 Å². The molecule has 0 bridgehead atoms. The fraction of sp³-hybridized carbons (Fsp3) is 0.562. The van der Waals surface area contributed by atoms with Crippen LogP contribution in [0.15, 0.2) is 18.2 Å². The van der Waals surface area contributed by atoms with E-state index in [1.807, 2.05) is 13.1 Å². The van der Waals surface area contributed by atoms with Gasteiger partial charge in [-0.25, -0.2) is 0 Å². The Morgan fingerprint density at radius 2 is 2.20 bits per heavy atom. The molecule has 1 N–H and O–H groups in total. The first-order valence-corrected chi connectivity index (χ1v) is 7.16. The molecule has 2 unspecified atom stereocenters. The molecule has 110 valence electrons. The predicted octanol–water partition coefficient (Wildman–Crippen LogP) is 2.28. The summed E-state index contributed by atoms with van der Waals surface area (Å²) in [6, 6.07) is 6.78. The van der Waals surface area contributed by atoms with Crippen molar-refractivity contribution in [1.29, 1.82) is 0 Å². The third-order valence-corrected chi connectivity index (χ3v) is 3.96. The smallest absolute Gasteiger partial charge is 0.222 e. The highest BCUT2D eigenvalue weighted by Crippen LogP contribution is 2.27. The van der Waals surface area contributed by atoms with E-state index >= 15 is 0 Å². The van der Waals surface area contributed by atoms with Crippen molar-refractivity contribution >= 4 is 5.91 Å². The van der Waals surface area contributed by atoms with Gasteiger partial charge in [-0.3, -0.25) is 4.79 Å². The predicted molar refractivity (Wildman–Crippen MR) is 79.9 cm³/mol. The largest absolute Gasteiger partial charge is 0.496 e. The Kier molecular flexibility index (Phi) is 4.65. The lowest BCUT2D eigenvalue weighted by atomic mass is 10.0. The zero-order valence-corrected chi connectivity index (χ0v) is 12.8. The number of ether oxygens (including phenoxy) is 1. The summed E-state index contributed by atoms with van der Waals surface area (Å²) in [5, 5.41) is 3.61. The monoisotopic (exact) mass is 276 g/mol. The van der Waals surface area contributed by atoms with Crippen molar-refractivity contribution in [2.45, 2.75) is 38.8 Å². The van der Waals surface area contributed by atoms with Gasteiger partial charge in [0.1, 0.15) is 5.75 Å². The minimum atomic E-state index is 0.205. The van der Waals surface area contributed by atoms with Gasteiger partial charge in [0.25, 0.3) is 0 Å². The quantitative estimate of drug-likeness (QED) is 0.917. The van der Waals surface area contributed by atoms with Crippen LogP contribution in [0.2, 0.25) is 0 Å². The number of carbonyl (C=O) groups excluding carboxylic acids is 1. The molecular weight excluding hydrogens is 252 g/mol. The van der Waals surface area contributed by atoms with Crippen molar-refractivity contribution in [3.8, 4) is 5.75 Å². The molecule has 2 rings (SSSR count). The second kappa shape index (κ2) is 6.27. The summed E-state index contributed by atoms with van der Waals surface area (Å²) in [5.41, 5.74) is 2.40. The van der Waals surface area contributed by atoms with Crippen molar-refractivity contribution < 1.29 is 9.53 Å². The van der Waals surface area contributed by atoms with Crippen LogP contribution in [0.5, 0.6) is 5.75 Å². The minimum absolute atomic E-state index is 0.205. The maximum atomic E-state index is 11.5. The molecule has 20 heavy (non-hydrogen) atoms. The lowest BCUT2D eigenvalue weighted by Gasteiger charge is -2.32. The average Bonchev–Trinajstić information content (AvgIpc) is 2.43. The zero-order chi connectivity index (χ0) is 14.7. The van der Waals surface area contributed by atoms with Gasteiger partial charge in [-0.1, -0.05) is 17.7 Å². The molecule has 0 spiro atoms. The van der Waals surface area contributed by atoms with Gasteiger partial charge in [0.15, 0.2) is 0 Å². The summed E-state index contributed by atoms with van der Waals surface area (Å²) in [6.07, 6.45) is 1.54. The van der Waals surface area contributed by atoms with Gasteiger partial charge in [-0.15, -0.1) is 0 Å². The number of rotatable bonds is 4. The van der Waals surface area contributed by atoms with E-state index in [-0.39, 0.29) is 11.9 Å². The number of hydrogen-bond donors (Lipinski definition) is 1. The van der Waals surface area contributed by atoms with Crippen LogP contribution >= 0.6 is 0 Å². The molecule has 2 atom stereocenters. The Morgan fingerprint density at radius 3 is 2.85 bits per heavy atom. The molecule has 0 aromatic heterocycles. The molecule has 1 aromatic rings. The van der Waals surface area contributed by atoms with Crippen molar-refractivity contribution in [3.05, 3.63) is 29.3 Å². The second-order valence-corrected chi connectivity index (χ2v) is 5.64. The molecule has 1 aromatic carbocycles. The van der Waals surface area contributed by atoms with E-state index in [4.69, 9.17) is 4.74 Å². The fourth-order valence-corrected chi connectivity index (χ4v) is 2.78. The summed E-state index contributed by atoms with van der Waals surface area (Å²) in [7, 11) is 3.57. The topological polar surface area (TPSA) is 41.6 Å². The van der Waals surface area contributed by atoms with Crippen LogP contribution in [0.4, 0.5) is 0 Å². The van der Waals surface area contributed by atoms with Crippen molar-refractivity contribution in [2.24, 2.45) is 0 Å². The zero-order valence-electron chi connectivity index (χ0n) is 12.8. The Morgan fingerprint density at radius 1 is 1.45 bits per heavy atom. The Labute approximate surface area is 121 Å². The number of benzene rings is 1. The number of hydrogen-bond acceptors (Lipinski definition) is 3. The van der Waals surface area contributed by atoms with Gasteiger partial charge < -0.3 is 15.0 Å². The van der Waals surface area contributed by atoms with Crippen LogP contribution in [0, 0.1) is 6.92 Å². The van der Waals surface area contributed by atoms with Crippen LogP contribution in [0.25, 0.3) is 0 Å². The number of nitrogens with one attached hydrogen (secondary N) is 1. The molecule has 1 aliphatic heterocycles. The minimum Gasteiger partial charge on any atom is -0.496 e. The summed E-state index contributed by atoms with van der Waals surface area (Å²) in [4.78, 5) is 13.3. The summed E-state index contributed by atoms with van der Waals surface area (Å²) in [5.74, 6) is 1.15. The van der Waals surface area contributed by atoms with E-state index in [2.05, 4.69) is 31.3 Å². The van der Waals surface area contributed by atoms with E-state index in [9.17, 15) is 4.79 Å². The molecular formula is C16H24N2O2. The van der Waals surface area contributed by atoms with Crippen LogP contribution in [0.1, 0.15) is 36.9 Å². The molecule has 0 saturated carbocycles. The Balaban J connectivity index is 2.06. The van der Waals surface area contributed by atoms with Crippen LogP contribution in [-0.2, 0) is 4.79 Å². The van der Waals surface area contributed by atoms with Crippen molar-refractivity contribution in [2.75, 3.05) is 20.7 Å². The van der Waals surface area contributed by atoms with Crippen LogP contribution < -0.4 is 10.1 Å². The maximum Gasteiger partial charge on any atom is 0.222 e. The molecule has 4 nitrogen and oxygen atoms in total. The first-order valence-electron chi connectivity index (χ1n) is 7.16. The second-order valence-electron chi connectivity index (χ2n) is 5.64. The number of likely N-dealkylation sites (tertiary alicyclic amines) is 1. The SMILES string of the molecule is COc1ccc(C)cc1C(C)NC1CCC(=O)N(C)C1. The summed E-state index contributed by atoms with van der Waals surface area (Å²) in [6.45, 7) is 5.01. The van der Waals surface area contributed by atoms with Gasteiger partial charge in [0, 0.05) is 37.7 Å². The lowest BCUT2D eigenvalue weighted by molar-refractivity contribution is -0.132. The summed E-state index contributed by atoms with van der Waals surface area (Å²) < 4.78 is 5.44. The number of nitrogens with zero attached hydrogens (tertiary/aromatic N) is 1. The number of amides is 1.